The van der Waals surface area contributed by atoms with Crippen molar-refractivity contribution >= 4 is 29.0 Å². The van der Waals surface area contributed by atoms with Crippen molar-refractivity contribution in [3.63, 3.8) is 0 Å². The van der Waals surface area contributed by atoms with E-state index in [1.165, 1.54) is 0 Å². The molecule has 0 spiro atoms. The molecule has 0 saturated heterocycles. The van der Waals surface area contributed by atoms with Crippen molar-refractivity contribution in [1.82, 2.24) is 15.6 Å². The lowest BCUT2D eigenvalue weighted by atomic mass is 10.2. The molecule has 1 aromatic heterocycles. The van der Waals surface area contributed by atoms with Crippen LogP contribution >= 0.6 is 22.9 Å². The molecule has 0 fully saturated rings. The maximum atomic E-state index is 11.5. The lowest BCUT2D eigenvalue weighted by molar-refractivity contribution is 0.239. The number of rotatable bonds is 6. The van der Waals surface area contributed by atoms with Gasteiger partial charge in [0.2, 0.25) is 0 Å². The van der Waals surface area contributed by atoms with Crippen LogP contribution in [0.15, 0.2) is 29.6 Å². The van der Waals surface area contributed by atoms with Gasteiger partial charge in [-0.2, -0.15) is 0 Å². The van der Waals surface area contributed by atoms with Crippen LogP contribution in [-0.2, 0) is 6.42 Å². The molecule has 1 aromatic carbocycles. The molecule has 0 unspecified atom stereocenters. The first-order chi connectivity index (χ1) is 10.5. The zero-order valence-electron chi connectivity index (χ0n) is 12.7. The van der Waals surface area contributed by atoms with Crippen molar-refractivity contribution < 1.29 is 4.79 Å². The smallest absolute Gasteiger partial charge is 0.314 e. The van der Waals surface area contributed by atoms with Gasteiger partial charge in [0, 0.05) is 35.5 Å². The molecule has 0 saturated carbocycles. The number of benzene rings is 1. The van der Waals surface area contributed by atoms with Crippen LogP contribution in [0, 0.1) is 5.92 Å². The zero-order valence-corrected chi connectivity index (χ0v) is 14.3. The Morgan fingerprint density at radius 1 is 1.27 bits per heavy atom. The van der Waals surface area contributed by atoms with Gasteiger partial charge in [-0.25, -0.2) is 9.78 Å². The molecule has 2 N–H and O–H groups in total. The number of hydrogen-bond acceptors (Lipinski definition) is 3. The lowest BCUT2D eigenvalue weighted by Gasteiger charge is -2.08. The van der Waals surface area contributed by atoms with Gasteiger partial charge in [-0.3, -0.25) is 0 Å². The molecule has 0 aliphatic carbocycles. The number of thiazole rings is 1. The third-order valence-electron chi connectivity index (χ3n) is 2.98. The van der Waals surface area contributed by atoms with Crippen molar-refractivity contribution in [2.45, 2.75) is 20.3 Å². The topological polar surface area (TPSA) is 54.0 Å². The second-order valence-corrected chi connectivity index (χ2v) is 6.73. The van der Waals surface area contributed by atoms with Crippen LogP contribution in [0.1, 0.15) is 19.5 Å². The minimum atomic E-state index is -0.123. The third-order valence-corrected chi connectivity index (χ3v) is 4.17. The second kappa shape index (κ2) is 8.15. The van der Waals surface area contributed by atoms with Crippen LogP contribution in [-0.4, -0.2) is 24.1 Å². The number of aromatic nitrogens is 1. The Kier molecular flexibility index (Phi) is 6.21. The average molecular weight is 338 g/mol. The van der Waals surface area contributed by atoms with Crippen LogP contribution in [0.25, 0.3) is 10.6 Å². The van der Waals surface area contributed by atoms with Crippen molar-refractivity contribution in [2.75, 3.05) is 13.1 Å². The highest BCUT2D eigenvalue weighted by Crippen LogP contribution is 2.25. The summed E-state index contributed by atoms with van der Waals surface area (Å²) in [5.74, 6) is 0.450. The van der Waals surface area contributed by atoms with Crippen LogP contribution in [0.2, 0.25) is 5.02 Å². The summed E-state index contributed by atoms with van der Waals surface area (Å²) in [4.78, 5) is 16.1. The van der Waals surface area contributed by atoms with Gasteiger partial charge in [0.1, 0.15) is 5.01 Å². The predicted molar refractivity (Wildman–Crippen MR) is 92.5 cm³/mol. The van der Waals surface area contributed by atoms with E-state index in [1.807, 2.05) is 29.6 Å². The number of carbonyl (C=O) groups is 1. The Morgan fingerprint density at radius 3 is 2.68 bits per heavy atom. The van der Waals surface area contributed by atoms with Crippen LogP contribution in [0.5, 0.6) is 0 Å². The monoisotopic (exact) mass is 337 g/mol. The minimum absolute atomic E-state index is 0.123. The molecule has 2 rings (SSSR count). The number of nitrogens with one attached hydrogen (secondary N) is 2. The van der Waals surface area contributed by atoms with E-state index in [-0.39, 0.29) is 6.03 Å². The van der Waals surface area contributed by atoms with Gasteiger partial charge >= 0.3 is 6.03 Å². The summed E-state index contributed by atoms with van der Waals surface area (Å²) in [6.45, 7) is 5.39. The Bertz CT molecular complexity index is 610. The van der Waals surface area contributed by atoms with Gasteiger partial charge in [-0.1, -0.05) is 37.6 Å². The van der Waals surface area contributed by atoms with Crippen LogP contribution < -0.4 is 10.6 Å². The quantitative estimate of drug-likeness (QED) is 0.838. The number of hydrogen-bond donors (Lipinski definition) is 2. The highest BCUT2D eigenvalue weighted by molar-refractivity contribution is 7.13. The van der Waals surface area contributed by atoms with Gasteiger partial charge in [-0.15, -0.1) is 11.3 Å². The molecule has 0 atom stereocenters. The van der Waals surface area contributed by atoms with Gasteiger partial charge in [-0.05, 0) is 18.1 Å². The number of urea groups is 1. The molecule has 0 aliphatic heterocycles. The average Bonchev–Trinajstić information content (AvgIpc) is 2.95. The Morgan fingerprint density at radius 2 is 2.00 bits per heavy atom. The normalized spacial score (nSPS) is 10.7. The van der Waals surface area contributed by atoms with Gasteiger partial charge in [0.15, 0.2) is 0 Å². The van der Waals surface area contributed by atoms with E-state index < -0.39 is 0 Å². The van der Waals surface area contributed by atoms with Crippen molar-refractivity contribution in [3.8, 4) is 10.6 Å². The predicted octanol–water partition coefficient (Wildman–Crippen LogP) is 3.96. The van der Waals surface area contributed by atoms with E-state index in [4.69, 9.17) is 11.6 Å². The molecular formula is C16H20ClN3OS. The summed E-state index contributed by atoms with van der Waals surface area (Å²) in [6, 6.07) is 7.52. The first-order valence-electron chi connectivity index (χ1n) is 7.26. The summed E-state index contributed by atoms with van der Waals surface area (Å²) in [6.07, 6.45) is 0.721. The van der Waals surface area contributed by atoms with Crippen LogP contribution in [0.4, 0.5) is 4.79 Å². The van der Waals surface area contributed by atoms with Crippen molar-refractivity contribution in [1.29, 1.82) is 0 Å². The van der Waals surface area contributed by atoms with Crippen molar-refractivity contribution in [2.24, 2.45) is 5.92 Å². The summed E-state index contributed by atoms with van der Waals surface area (Å²) in [7, 11) is 0. The maximum Gasteiger partial charge on any atom is 0.314 e. The molecule has 0 aliphatic rings. The SMILES string of the molecule is CC(C)CNC(=O)NCCc1csc(-c2ccc(Cl)cc2)n1. The third kappa shape index (κ3) is 5.31. The van der Waals surface area contributed by atoms with E-state index in [0.29, 0.717) is 19.0 Å². The number of amides is 2. The Balaban J connectivity index is 1.80. The fourth-order valence-corrected chi connectivity index (χ4v) is 2.80. The Hall–Kier alpha value is -1.59. The van der Waals surface area contributed by atoms with Crippen LogP contribution in [0.3, 0.4) is 0 Å². The first-order valence-corrected chi connectivity index (χ1v) is 8.52. The summed E-state index contributed by atoms with van der Waals surface area (Å²) in [5.41, 5.74) is 2.04. The molecule has 0 bridgehead atoms. The fourth-order valence-electron chi connectivity index (χ4n) is 1.81. The summed E-state index contributed by atoms with van der Waals surface area (Å²) < 4.78 is 0. The van der Waals surface area contributed by atoms with E-state index in [0.717, 1.165) is 27.7 Å². The lowest BCUT2D eigenvalue weighted by Crippen LogP contribution is -2.38. The van der Waals surface area contributed by atoms with E-state index >= 15 is 0 Å². The minimum Gasteiger partial charge on any atom is -0.338 e. The van der Waals surface area contributed by atoms with E-state index in [9.17, 15) is 4.79 Å². The molecule has 0 radical (unpaired) electrons. The van der Waals surface area contributed by atoms with Gasteiger partial charge in [0.05, 0.1) is 5.69 Å². The zero-order chi connectivity index (χ0) is 15.9. The van der Waals surface area contributed by atoms with E-state index in [1.54, 1.807) is 11.3 Å². The molecule has 22 heavy (non-hydrogen) atoms. The molecular weight excluding hydrogens is 318 g/mol. The molecule has 6 heteroatoms. The summed E-state index contributed by atoms with van der Waals surface area (Å²) >= 11 is 7.48. The number of halogens is 1. The van der Waals surface area contributed by atoms with Gasteiger partial charge < -0.3 is 10.6 Å². The standard InChI is InChI=1S/C16H20ClN3OS/c1-11(2)9-19-16(21)18-8-7-14-10-22-15(20-14)12-3-5-13(17)6-4-12/h3-6,10-11H,7-9H2,1-2H3,(H2,18,19,21). The molecule has 118 valence electrons. The fraction of sp³-hybridized carbons (Fsp3) is 0.375. The highest BCUT2D eigenvalue weighted by atomic mass is 35.5. The second-order valence-electron chi connectivity index (χ2n) is 5.43. The first kappa shape index (κ1) is 16.8. The largest absolute Gasteiger partial charge is 0.338 e. The highest BCUT2D eigenvalue weighted by Gasteiger charge is 2.06. The number of nitrogens with zero attached hydrogens (tertiary/aromatic N) is 1. The molecule has 1 heterocycles. The number of carbonyl (C=O) groups excluding carboxylic acids is 1. The Labute approximate surface area is 139 Å². The van der Waals surface area contributed by atoms with Crippen molar-refractivity contribution in [3.05, 3.63) is 40.4 Å². The van der Waals surface area contributed by atoms with Gasteiger partial charge in [0.25, 0.3) is 0 Å². The maximum absolute atomic E-state index is 11.5. The van der Waals surface area contributed by atoms with E-state index in [2.05, 4.69) is 29.5 Å². The molecule has 2 amide bonds. The molecule has 4 nitrogen and oxygen atoms in total. The summed E-state index contributed by atoms with van der Waals surface area (Å²) in [5, 5.41) is 9.38. The molecule has 2 aromatic rings.